The summed E-state index contributed by atoms with van der Waals surface area (Å²) in [6.07, 6.45) is 3.35. The molecule has 0 unspecified atom stereocenters. The van der Waals surface area contributed by atoms with Gasteiger partial charge >= 0.3 is 0 Å². The average Bonchev–Trinajstić information content (AvgIpc) is 2.36. The molecule has 19 heavy (non-hydrogen) atoms. The SMILES string of the molecule is CCCCc1nc(-c2nc(C)nc(C)n2)ccc1C. The third-order valence-corrected chi connectivity index (χ3v) is 3.06. The predicted octanol–water partition coefficient (Wildman–Crippen LogP) is 3.20. The van der Waals surface area contributed by atoms with Crippen molar-refractivity contribution in [1.82, 2.24) is 19.9 Å². The Kier molecular flexibility index (Phi) is 4.20. The third-order valence-electron chi connectivity index (χ3n) is 3.06. The molecule has 2 heterocycles. The van der Waals surface area contributed by atoms with E-state index in [2.05, 4.69) is 34.9 Å². The van der Waals surface area contributed by atoms with Crippen molar-refractivity contribution in [2.24, 2.45) is 0 Å². The van der Waals surface area contributed by atoms with Gasteiger partial charge in [-0.3, -0.25) is 0 Å². The van der Waals surface area contributed by atoms with E-state index in [0.29, 0.717) is 5.82 Å². The molecule has 0 spiro atoms. The summed E-state index contributed by atoms with van der Waals surface area (Å²) in [6, 6.07) is 4.08. The van der Waals surface area contributed by atoms with Gasteiger partial charge in [-0.1, -0.05) is 19.4 Å². The molecule has 0 aliphatic carbocycles. The maximum absolute atomic E-state index is 4.71. The largest absolute Gasteiger partial charge is 0.249 e. The van der Waals surface area contributed by atoms with Crippen LogP contribution in [0.5, 0.6) is 0 Å². The Hall–Kier alpha value is -1.84. The van der Waals surface area contributed by atoms with Crippen LogP contribution in [0.1, 0.15) is 42.7 Å². The Morgan fingerprint density at radius 3 is 2.21 bits per heavy atom. The zero-order valence-electron chi connectivity index (χ0n) is 12.1. The molecule has 0 radical (unpaired) electrons. The Bertz CT molecular complexity index is 558. The van der Waals surface area contributed by atoms with Gasteiger partial charge in [0.05, 0.1) is 0 Å². The first-order valence-electron chi connectivity index (χ1n) is 6.76. The second-order valence-corrected chi connectivity index (χ2v) is 4.82. The van der Waals surface area contributed by atoms with Crippen LogP contribution in [0.3, 0.4) is 0 Å². The number of aryl methyl sites for hydroxylation is 4. The van der Waals surface area contributed by atoms with Gasteiger partial charge in [-0.2, -0.15) is 0 Å². The van der Waals surface area contributed by atoms with Gasteiger partial charge in [0.2, 0.25) is 0 Å². The Labute approximate surface area is 114 Å². The van der Waals surface area contributed by atoms with E-state index in [9.17, 15) is 0 Å². The topological polar surface area (TPSA) is 51.6 Å². The number of hydrogen-bond donors (Lipinski definition) is 0. The summed E-state index contributed by atoms with van der Waals surface area (Å²) < 4.78 is 0. The van der Waals surface area contributed by atoms with Gasteiger partial charge in [0.1, 0.15) is 17.3 Å². The fourth-order valence-corrected chi connectivity index (χ4v) is 2.02. The van der Waals surface area contributed by atoms with Gasteiger partial charge in [-0.05, 0) is 45.2 Å². The van der Waals surface area contributed by atoms with E-state index in [1.54, 1.807) is 0 Å². The molecule has 0 fully saturated rings. The van der Waals surface area contributed by atoms with Gasteiger partial charge in [-0.15, -0.1) is 0 Å². The van der Waals surface area contributed by atoms with E-state index in [1.807, 2.05) is 19.9 Å². The van der Waals surface area contributed by atoms with Crippen molar-refractivity contribution < 1.29 is 0 Å². The monoisotopic (exact) mass is 256 g/mol. The molecule has 0 saturated heterocycles. The standard InChI is InChI=1S/C15H20N4/c1-5-6-7-13-10(2)8-9-14(19-13)15-17-11(3)16-12(4)18-15/h8-9H,5-7H2,1-4H3. The number of pyridine rings is 1. The molecule has 0 atom stereocenters. The Balaban J connectivity index is 2.39. The van der Waals surface area contributed by atoms with Crippen LogP contribution in [0.25, 0.3) is 11.5 Å². The van der Waals surface area contributed by atoms with Crippen molar-refractivity contribution in [3.63, 3.8) is 0 Å². The number of hydrogen-bond acceptors (Lipinski definition) is 4. The lowest BCUT2D eigenvalue weighted by Crippen LogP contribution is -2.02. The van der Waals surface area contributed by atoms with Crippen LogP contribution in [0, 0.1) is 20.8 Å². The number of rotatable bonds is 4. The lowest BCUT2D eigenvalue weighted by atomic mass is 10.1. The van der Waals surface area contributed by atoms with Crippen molar-refractivity contribution >= 4 is 0 Å². The molecule has 2 rings (SSSR count). The molecule has 4 heteroatoms. The maximum Gasteiger partial charge on any atom is 0.181 e. The summed E-state index contributed by atoms with van der Waals surface area (Å²) in [4.78, 5) is 17.7. The minimum atomic E-state index is 0.669. The second kappa shape index (κ2) is 5.87. The predicted molar refractivity (Wildman–Crippen MR) is 75.9 cm³/mol. The van der Waals surface area contributed by atoms with E-state index in [4.69, 9.17) is 4.98 Å². The second-order valence-electron chi connectivity index (χ2n) is 4.82. The molecule has 4 nitrogen and oxygen atoms in total. The quantitative estimate of drug-likeness (QED) is 0.843. The zero-order chi connectivity index (χ0) is 13.8. The van der Waals surface area contributed by atoms with Crippen molar-refractivity contribution in [3.8, 4) is 11.5 Å². The summed E-state index contributed by atoms with van der Waals surface area (Å²) in [7, 11) is 0. The molecular weight excluding hydrogens is 236 g/mol. The number of nitrogens with zero attached hydrogens (tertiary/aromatic N) is 4. The van der Waals surface area contributed by atoms with Crippen LogP contribution in [0.15, 0.2) is 12.1 Å². The summed E-state index contributed by atoms with van der Waals surface area (Å²) in [5.41, 5.74) is 3.22. The van der Waals surface area contributed by atoms with Crippen LogP contribution < -0.4 is 0 Å². The first kappa shape index (κ1) is 13.6. The summed E-state index contributed by atoms with van der Waals surface area (Å²) >= 11 is 0. The van der Waals surface area contributed by atoms with Crippen molar-refractivity contribution in [2.45, 2.75) is 47.0 Å². The van der Waals surface area contributed by atoms with Gasteiger partial charge in [0.25, 0.3) is 0 Å². The van der Waals surface area contributed by atoms with Gasteiger partial charge in [0.15, 0.2) is 5.82 Å². The molecule has 0 bridgehead atoms. The first-order valence-corrected chi connectivity index (χ1v) is 6.76. The smallest absolute Gasteiger partial charge is 0.181 e. The Morgan fingerprint density at radius 2 is 1.58 bits per heavy atom. The fraction of sp³-hybridized carbons (Fsp3) is 0.467. The van der Waals surface area contributed by atoms with Gasteiger partial charge < -0.3 is 0 Å². The molecule has 2 aromatic rings. The molecule has 0 aliphatic heterocycles. The lowest BCUT2D eigenvalue weighted by Gasteiger charge is -2.07. The van der Waals surface area contributed by atoms with Gasteiger partial charge in [-0.25, -0.2) is 19.9 Å². The maximum atomic E-state index is 4.71. The van der Waals surface area contributed by atoms with Crippen LogP contribution >= 0.6 is 0 Å². The summed E-state index contributed by atoms with van der Waals surface area (Å²) in [5.74, 6) is 2.14. The van der Waals surface area contributed by atoms with E-state index in [-0.39, 0.29) is 0 Å². The third kappa shape index (κ3) is 3.34. The molecule has 0 aliphatic rings. The van der Waals surface area contributed by atoms with E-state index in [1.165, 1.54) is 12.0 Å². The van der Waals surface area contributed by atoms with Gasteiger partial charge in [0, 0.05) is 5.69 Å². The molecule has 0 N–H and O–H groups in total. The highest BCUT2D eigenvalue weighted by atomic mass is 15.0. The fourth-order valence-electron chi connectivity index (χ4n) is 2.02. The zero-order valence-corrected chi connectivity index (χ0v) is 12.1. The minimum Gasteiger partial charge on any atom is -0.249 e. The van der Waals surface area contributed by atoms with Crippen LogP contribution in [-0.4, -0.2) is 19.9 Å². The lowest BCUT2D eigenvalue weighted by molar-refractivity contribution is 0.771. The van der Waals surface area contributed by atoms with Crippen molar-refractivity contribution in [2.75, 3.05) is 0 Å². The minimum absolute atomic E-state index is 0.669. The summed E-state index contributed by atoms with van der Waals surface area (Å²) in [5, 5.41) is 0. The van der Waals surface area contributed by atoms with Crippen LogP contribution in [0.2, 0.25) is 0 Å². The summed E-state index contributed by atoms with van der Waals surface area (Å²) in [6.45, 7) is 8.05. The highest BCUT2D eigenvalue weighted by Crippen LogP contribution is 2.17. The number of aromatic nitrogens is 4. The molecule has 0 amide bonds. The van der Waals surface area contributed by atoms with Crippen molar-refractivity contribution in [1.29, 1.82) is 0 Å². The Morgan fingerprint density at radius 1 is 0.895 bits per heavy atom. The number of unbranched alkanes of at least 4 members (excludes halogenated alkanes) is 1. The molecule has 2 aromatic heterocycles. The van der Waals surface area contributed by atoms with E-state index < -0.39 is 0 Å². The normalized spacial score (nSPS) is 10.7. The first-order chi connectivity index (χ1) is 9.10. The highest BCUT2D eigenvalue weighted by molar-refractivity contribution is 5.50. The average molecular weight is 256 g/mol. The van der Waals surface area contributed by atoms with Crippen molar-refractivity contribution in [3.05, 3.63) is 35.0 Å². The molecular formula is C15H20N4. The van der Waals surface area contributed by atoms with E-state index in [0.717, 1.165) is 35.9 Å². The van der Waals surface area contributed by atoms with Crippen LogP contribution in [0.4, 0.5) is 0 Å². The molecule has 0 aromatic carbocycles. The van der Waals surface area contributed by atoms with E-state index >= 15 is 0 Å². The molecule has 0 saturated carbocycles. The van der Waals surface area contributed by atoms with Crippen LogP contribution in [-0.2, 0) is 6.42 Å². The highest BCUT2D eigenvalue weighted by Gasteiger charge is 2.08. The molecule has 100 valence electrons.